The van der Waals surface area contributed by atoms with Crippen LogP contribution in [-0.4, -0.2) is 51.0 Å². The molecule has 1 amide bonds. The van der Waals surface area contributed by atoms with Crippen LogP contribution in [0.1, 0.15) is 59.1 Å². The molecule has 5 nitrogen and oxygen atoms in total. The minimum atomic E-state index is 0.103. The molecule has 2 aliphatic rings. The highest BCUT2D eigenvalue weighted by atomic mass is 16.3. The van der Waals surface area contributed by atoms with Crippen molar-refractivity contribution in [2.75, 3.05) is 13.1 Å². The number of carbonyl (C=O) groups excluding carboxylic acids is 1. The molecule has 3 atom stereocenters. The summed E-state index contributed by atoms with van der Waals surface area (Å²) in [5.41, 5.74) is 5.08. The predicted molar refractivity (Wildman–Crippen MR) is 110 cm³/mol. The third-order valence-electron chi connectivity index (χ3n) is 6.73. The Morgan fingerprint density at radius 1 is 1.18 bits per heavy atom. The van der Waals surface area contributed by atoms with Crippen LogP contribution in [0.25, 0.3) is 0 Å². The Balaban J connectivity index is 1.48. The summed E-state index contributed by atoms with van der Waals surface area (Å²) >= 11 is 0. The molecule has 1 aromatic heterocycles. The first-order valence-corrected chi connectivity index (χ1v) is 10.2. The highest BCUT2D eigenvalue weighted by Crippen LogP contribution is 2.39. The molecule has 148 valence electrons. The smallest absolute Gasteiger partial charge is 0.255 e. The van der Waals surface area contributed by atoms with Crippen LogP contribution in [0.4, 0.5) is 0 Å². The van der Waals surface area contributed by atoms with Crippen molar-refractivity contribution in [3.8, 4) is 5.75 Å². The fraction of sp³-hybridized carbons (Fsp3) is 0.478. The molecule has 5 heteroatoms. The Labute approximate surface area is 167 Å². The van der Waals surface area contributed by atoms with Crippen LogP contribution in [0.2, 0.25) is 0 Å². The Morgan fingerprint density at radius 2 is 1.96 bits per heavy atom. The van der Waals surface area contributed by atoms with Crippen LogP contribution in [0.3, 0.4) is 0 Å². The monoisotopic (exact) mass is 379 g/mol. The molecule has 3 heterocycles. The average molecular weight is 380 g/mol. The average Bonchev–Trinajstić information content (AvgIpc) is 3.32. The number of aryl methyl sites for hydroxylation is 1. The number of hydrogen-bond acceptors (Lipinski definition) is 4. The maximum absolute atomic E-state index is 13.0. The van der Waals surface area contributed by atoms with E-state index in [2.05, 4.69) is 30.7 Å². The maximum Gasteiger partial charge on any atom is 0.255 e. The molecule has 2 fully saturated rings. The third-order valence-corrected chi connectivity index (χ3v) is 6.73. The first kappa shape index (κ1) is 18.9. The number of hydrogen-bond donors (Lipinski definition) is 1. The molecule has 2 bridgehead atoms. The van der Waals surface area contributed by atoms with Gasteiger partial charge >= 0.3 is 0 Å². The number of likely N-dealkylation sites (tertiary alicyclic amines) is 2. The maximum atomic E-state index is 13.0. The first-order chi connectivity index (χ1) is 13.4. The molecule has 1 aromatic carbocycles. The minimum Gasteiger partial charge on any atom is -0.508 e. The zero-order valence-electron chi connectivity index (χ0n) is 17.1. The Bertz CT molecular complexity index is 893. The summed E-state index contributed by atoms with van der Waals surface area (Å²) in [7, 11) is 0. The van der Waals surface area contributed by atoms with Gasteiger partial charge < -0.3 is 10.0 Å². The molecule has 0 saturated carbocycles. The molecule has 2 saturated heterocycles. The van der Waals surface area contributed by atoms with E-state index in [1.807, 2.05) is 30.0 Å². The van der Waals surface area contributed by atoms with Gasteiger partial charge in [-0.05, 0) is 68.5 Å². The quantitative estimate of drug-likeness (QED) is 0.881. The van der Waals surface area contributed by atoms with Crippen molar-refractivity contribution in [2.45, 2.75) is 58.7 Å². The number of pyridine rings is 1. The zero-order valence-corrected chi connectivity index (χ0v) is 17.1. The van der Waals surface area contributed by atoms with Gasteiger partial charge in [-0.25, -0.2) is 0 Å². The van der Waals surface area contributed by atoms with Crippen molar-refractivity contribution in [1.29, 1.82) is 0 Å². The molecule has 2 aromatic rings. The van der Waals surface area contributed by atoms with Crippen LogP contribution in [0.15, 0.2) is 30.5 Å². The van der Waals surface area contributed by atoms with Gasteiger partial charge in [0.15, 0.2) is 0 Å². The van der Waals surface area contributed by atoms with E-state index < -0.39 is 0 Å². The number of fused-ring (bicyclic) bond motifs is 2. The summed E-state index contributed by atoms with van der Waals surface area (Å²) in [6, 6.07) is 8.63. The molecule has 2 aliphatic heterocycles. The fourth-order valence-corrected chi connectivity index (χ4v) is 4.81. The number of benzene rings is 1. The summed E-state index contributed by atoms with van der Waals surface area (Å²) in [6.45, 7) is 10.0. The number of rotatable bonds is 4. The van der Waals surface area contributed by atoms with E-state index in [9.17, 15) is 9.90 Å². The summed E-state index contributed by atoms with van der Waals surface area (Å²) < 4.78 is 0. The van der Waals surface area contributed by atoms with E-state index >= 15 is 0 Å². The summed E-state index contributed by atoms with van der Waals surface area (Å²) in [5, 5.41) is 9.95. The van der Waals surface area contributed by atoms with Gasteiger partial charge in [0.05, 0.1) is 5.56 Å². The van der Waals surface area contributed by atoms with Crippen LogP contribution < -0.4 is 0 Å². The second-order valence-corrected chi connectivity index (χ2v) is 8.19. The molecular weight excluding hydrogens is 350 g/mol. The van der Waals surface area contributed by atoms with Crippen molar-refractivity contribution in [3.05, 3.63) is 58.4 Å². The van der Waals surface area contributed by atoms with Crippen molar-refractivity contribution < 1.29 is 9.90 Å². The molecule has 4 rings (SSSR count). The van der Waals surface area contributed by atoms with Gasteiger partial charge in [-0.1, -0.05) is 13.0 Å². The Hall–Kier alpha value is -2.40. The molecular formula is C23H29N3O2. The van der Waals surface area contributed by atoms with E-state index in [4.69, 9.17) is 0 Å². The van der Waals surface area contributed by atoms with E-state index in [0.29, 0.717) is 17.4 Å². The number of phenolic OH excluding ortho intramolecular Hbond substituents is 1. The summed E-state index contributed by atoms with van der Waals surface area (Å²) in [4.78, 5) is 21.9. The highest BCUT2D eigenvalue weighted by Gasteiger charge is 2.47. The largest absolute Gasteiger partial charge is 0.508 e. The highest BCUT2D eigenvalue weighted by molar-refractivity contribution is 5.94. The minimum absolute atomic E-state index is 0.103. The van der Waals surface area contributed by atoms with Crippen LogP contribution in [0, 0.1) is 13.8 Å². The van der Waals surface area contributed by atoms with Gasteiger partial charge in [-0.2, -0.15) is 0 Å². The second kappa shape index (κ2) is 7.21. The van der Waals surface area contributed by atoms with Gasteiger partial charge in [-0.15, -0.1) is 0 Å². The lowest BCUT2D eigenvalue weighted by molar-refractivity contribution is 0.0568. The fourth-order valence-electron chi connectivity index (χ4n) is 4.81. The lowest BCUT2D eigenvalue weighted by Crippen LogP contribution is -2.49. The van der Waals surface area contributed by atoms with E-state index in [-0.39, 0.29) is 18.0 Å². The van der Waals surface area contributed by atoms with E-state index in [0.717, 1.165) is 42.8 Å². The van der Waals surface area contributed by atoms with E-state index in [1.54, 1.807) is 12.3 Å². The van der Waals surface area contributed by atoms with E-state index in [1.165, 1.54) is 5.56 Å². The van der Waals surface area contributed by atoms with Gasteiger partial charge in [0.2, 0.25) is 0 Å². The summed E-state index contributed by atoms with van der Waals surface area (Å²) in [5.74, 6) is 0.461. The zero-order chi connectivity index (χ0) is 20.0. The summed E-state index contributed by atoms with van der Waals surface area (Å²) in [6.07, 6.45) is 3.63. The number of aromatic hydroxyl groups is 1. The SMILES string of the molecule is CCc1ccc(C(=O)N2C[C@H]3C[C@@H]2CN3[C@@H](C)c2ccc(O)c(C)c2C)cn1. The number of nitrogens with zero attached hydrogens (tertiary/aromatic N) is 3. The van der Waals surface area contributed by atoms with Crippen molar-refractivity contribution >= 4 is 5.91 Å². The standard InChI is InChI=1S/C23H29N3O2/c1-5-18-7-6-17(11-24-18)23(28)26-13-19-10-20(26)12-25(19)16(4)21-8-9-22(27)15(3)14(21)2/h6-9,11,16,19-20,27H,5,10,12-13H2,1-4H3/t16-,19+,20+/m0/s1. The second-order valence-electron chi connectivity index (χ2n) is 8.19. The van der Waals surface area contributed by atoms with Crippen molar-refractivity contribution in [2.24, 2.45) is 0 Å². The normalized spacial score (nSPS) is 22.6. The van der Waals surface area contributed by atoms with Crippen molar-refractivity contribution in [1.82, 2.24) is 14.8 Å². The van der Waals surface area contributed by atoms with Crippen LogP contribution >= 0.6 is 0 Å². The van der Waals surface area contributed by atoms with Crippen LogP contribution in [-0.2, 0) is 6.42 Å². The van der Waals surface area contributed by atoms with Crippen molar-refractivity contribution in [3.63, 3.8) is 0 Å². The number of piperazine rings is 1. The Morgan fingerprint density at radius 3 is 2.57 bits per heavy atom. The molecule has 0 unspecified atom stereocenters. The number of amides is 1. The van der Waals surface area contributed by atoms with Gasteiger partial charge in [0.1, 0.15) is 5.75 Å². The number of aromatic nitrogens is 1. The van der Waals surface area contributed by atoms with Gasteiger partial charge in [0, 0.05) is 43.1 Å². The van der Waals surface area contributed by atoms with Gasteiger partial charge in [0.25, 0.3) is 5.91 Å². The third kappa shape index (κ3) is 3.08. The number of phenols is 1. The van der Waals surface area contributed by atoms with Crippen LogP contribution in [0.5, 0.6) is 5.75 Å². The lowest BCUT2D eigenvalue weighted by atomic mass is 9.96. The predicted octanol–water partition coefficient (Wildman–Crippen LogP) is 3.63. The molecule has 0 radical (unpaired) electrons. The van der Waals surface area contributed by atoms with Gasteiger partial charge in [-0.3, -0.25) is 14.7 Å². The molecule has 0 spiro atoms. The topological polar surface area (TPSA) is 56.7 Å². The molecule has 0 aliphatic carbocycles. The molecule has 1 N–H and O–H groups in total. The Kier molecular flexibility index (Phi) is 4.88. The first-order valence-electron chi connectivity index (χ1n) is 10.2. The lowest BCUT2D eigenvalue weighted by Gasteiger charge is -2.38. The number of carbonyl (C=O) groups is 1. The molecule has 28 heavy (non-hydrogen) atoms.